The summed E-state index contributed by atoms with van der Waals surface area (Å²) in [5.74, 6) is 0.289. The van der Waals surface area contributed by atoms with E-state index < -0.39 is 11.1 Å². The van der Waals surface area contributed by atoms with Crippen LogP contribution in [0.5, 0.6) is 0 Å². The monoisotopic (exact) mass is 268 g/mol. The van der Waals surface area contributed by atoms with E-state index in [1.807, 2.05) is 20.8 Å². The van der Waals surface area contributed by atoms with E-state index in [4.69, 9.17) is 4.74 Å². The summed E-state index contributed by atoms with van der Waals surface area (Å²) in [6.45, 7) is 9.40. The first-order valence-corrected chi connectivity index (χ1v) is 7.03. The molecule has 0 spiro atoms. The molecule has 2 rings (SSSR count). The van der Waals surface area contributed by atoms with Crippen LogP contribution in [0.3, 0.4) is 0 Å². The van der Waals surface area contributed by atoms with Gasteiger partial charge in [0.1, 0.15) is 11.1 Å². The Morgan fingerprint density at radius 1 is 1.37 bits per heavy atom. The Morgan fingerprint density at radius 3 is 2.58 bits per heavy atom. The normalized spacial score (nSPS) is 34.5. The van der Waals surface area contributed by atoms with E-state index in [2.05, 4.69) is 5.32 Å². The fraction of sp³-hybridized carbons (Fsp3) is 0.857. The summed E-state index contributed by atoms with van der Waals surface area (Å²) in [6.07, 6.45) is 1.57. The molecule has 19 heavy (non-hydrogen) atoms. The topological polar surface area (TPSA) is 58.6 Å². The van der Waals surface area contributed by atoms with Gasteiger partial charge in [0.25, 0.3) is 0 Å². The minimum atomic E-state index is -0.783. The number of nitrogens with one attached hydrogen (secondary N) is 1. The van der Waals surface area contributed by atoms with Crippen molar-refractivity contribution in [1.29, 1.82) is 0 Å². The van der Waals surface area contributed by atoms with Gasteiger partial charge in [-0.15, -0.1) is 0 Å². The molecule has 2 heterocycles. The maximum atomic E-state index is 12.7. The first-order chi connectivity index (χ1) is 8.81. The smallest absolute Gasteiger partial charge is 0.248 e. The van der Waals surface area contributed by atoms with Crippen molar-refractivity contribution in [3.63, 3.8) is 0 Å². The van der Waals surface area contributed by atoms with Crippen LogP contribution in [0.15, 0.2) is 0 Å². The van der Waals surface area contributed by atoms with Gasteiger partial charge in [0.15, 0.2) is 0 Å². The number of nitrogens with zero attached hydrogens (tertiary/aromatic N) is 1. The standard InChI is InChI=1S/C14H24N2O3/c1-5-14(4)12(18)16(8-10-6-7-19-9-10)13(2,3)11(17)15-14/h10H,5-9H2,1-4H3,(H,15,17). The van der Waals surface area contributed by atoms with E-state index in [1.165, 1.54) is 0 Å². The molecule has 2 atom stereocenters. The summed E-state index contributed by atoms with van der Waals surface area (Å²) >= 11 is 0. The van der Waals surface area contributed by atoms with E-state index in [9.17, 15) is 9.59 Å². The number of hydrogen-bond acceptors (Lipinski definition) is 3. The van der Waals surface area contributed by atoms with Crippen LogP contribution in [0.1, 0.15) is 40.5 Å². The molecule has 0 aliphatic carbocycles. The molecule has 5 heteroatoms. The number of piperazine rings is 1. The lowest BCUT2D eigenvalue weighted by Gasteiger charge is -2.49. The molecule has 5 nitrogen and oxygen atoms in total. The Bertz CT molecular complexity index is 388. The maximum absolute atomic E-state index is 12.7. The van der Waals surface area contributed by atoms with Crippen molar-refractivity contribution >= 4 is 11.8 Å². The minimum Gasteiger partial charge on any atom is -0.381 e. The second kappa shape index (κ2) is 4.78. The van der Waals surface area contributed by atoms with E-state index in [0.717, 1.165) is 13.0 Å². The van der Waals surface area contributed by atoms with Gasteiger partial charge in [-0.2, -0.15) is 0 Å². The Kier molecular flexibility index (Phi) is 3.60. The molecule has 2 amide bonds. The van der Waals surface area contributed by atoms with Crippen molar-refractivity contribution in [2.75, 3.05) is 19.8 Å². The first kappa shape index (κ1) is 14.3. The second-order valence-corrected chi connectivity index (χ2v) is 6.34. The van der Waals surface area contributed by atoms with Crippen molar-refractivity contribution in [2.45, 2.75) is 51.6 Å². The molecule has 0 aromatic heterocycles. The van der Waals surface area contributed by atoms with E-state index in [1.54, 1.807) is 11.8 Å². The molecule has 2 aliphatic rings. The van der Waals surface area contributed by atoms with E-state index in [0.29, 0.717) is 25.5 Å². The summed E-state index contributed by atoms with van der Waals surface area (Å²) in [6, 6.07) is 0. The van der Waals surface area contributed by atoms with Gasteiger partial charge >= 0.3 is 0 Å². The SMILES string of the molecule is CCC1(C)NC(=O)C(C)(C)N(CC2CCOC2)C1=O. The molecule has 2 aliphatic heterocycles. The minimum absolute atomic E-state index is 0.0199. The zero-order valence-corrected chi connectivity index (χ0v) is 12.3. The third kappa shape index (κ3) is 2.36. The van der Waals surface area contributed by atoms with E-state index >= 15 is 0 Å². The predicted molar refractivity (Wildman–Crippen MR) is 71.6 cm³/mol. The van der Waals surface area contributed by atoms with Crippen LogP contribution >= 0.6 is 0 Å². The molecule has 2 unspecified atom stereocenters. The van der Waals surface area contributed by atoms with Crippen LogP contribution in [0.4, 0.5) is 0 Å². The molecule has 108 valence electrons. The zero-order valence-electron chi connectivity index (χ0n) is 12.3. The highest BCUT2D eigenvalue weighted by Crippen LogP contribution is 2.30. The van der Waals surface area contributed by atoms with Crippen molar-refractivity contribution in [2.24, 2.45) is 5.92 Å². The van der Waals surface area contributed by atoms with Gasteiger partial charge in [-0.25, -0.2) is 0 Å². The zero-order chi connectivity index (χ0) is 14.3. The molecule has 0 aromatic carbocycles. The molecular formula is C14H24N2O3. The first-order valence-electron chi connectivity index (χ1n) is 7.03. The highest BCUT2D eigenvalue weighted by atomic mass is 16.5. The third-order valence-corrected chi connectivity index (χ3v) is 4.51. The Morgan fingerprint density at radius 2 is 2.05 bits per heavy atom. The van der Waals surface area contributed by atoms with Gasteiger partial charge in [-0.3, -0.25) is 9.59 Å². The quantitative estimate of drug-likeness (QED) is 0.828. The summed E-state index contributed by atoms with van der Waals surface area (Å²) in [5, 5.41) is 2.88. The summed E-state index contributed by atoms with van der Waals surface area (Å²) in [7, 11) is 0. The molecule has 0 bridgehead atoms. The third-order valence-electron chi connectivity index (χ3n) is 4.51. The Labute approximate surface area is 114 Å². The van der Waals surface area contributed by atoms with Gasteiger partial charge in [0.2, 0.25) is 11.8 Å². The molecule has 0 radical (unpaired) electrons. The van der Waals surface area contributed by atoms with Crippen LogP contribution in [0, 0.1) is 5.92 Å². The molecule has 0 aromatic rings. The molecule has 0 saturated carbocycles. The van der Waals surface area contributed by atoms with Gasteiger partial charge in [0, 0.05) is 19.1 Å². The number of rotatable bonds is 3. The van der Waals surface area contributed by atoms with Gasteiger partial charge in [-0.05, 0) is 33.6 Å². The second-order valence-electron chi connectivity index (χ2n) is 6.34. The Hall–Kier alpha value is -1.10. The maximum Gasteiger partial charge on any atom is 0.248 e. The lowest BCUT2D eigenvalue weighted by Crippen LogP contribution is -2.73. The number of ether oxygens (including phenoxy) is 1. The highest BCUT2D eigenvalue weighted by Gasteiger charge is 2.51. The molecule has 2 fully saturated rings. The number of hydrogen-bond donors (Lipinski definition) is 1. The van der Waals surface area contributed by atoms with Crippen LogP contribution < -0.4 is 5.32 Å². The van der Waals surface area contributed by atoms with Crippen LogP contribution in [-0.4, -0.2) is 47.6 Å². The molecule has 1 N–H and O–H groups in total. The number of carbonyl (C=O) groups excluding carboxylic acids is 2. The highest BCUT2D eigenvalue weighted by molar-refractivity contribution is 6.01. The molecule has 2 saturated heterocycles. The fourth-order valence-corrected chi connectivity index (χ4v) is 2.67. The lowest BCUT2D eigenvalue weighted by molar-refractivity contribution is -0.161. The summed E-state index contributed by atoms with van der Waals surface area (Å²) in [4.78, 5) is 26.7. The van der Waals surface area contributed by atoms with Crippen molar-refractivity contribution in [3.05, 3.63) is 0 Å². The van der Waals surface area contributed by atoms with Crippen LogP contribution in [0.25, 0.3) is 0 Å². The van der Waals surface area contributed by atoms with Gasteiger partial charge < -0.3 is 15.0 Å². The number of carbonyl (C=O) groups is 2. The summed E-state index contributed by atoms with van der Waals surface area (Å²) < 4.78 is 5.37. The summed E-state index contributed by atoms with van der Waals surface area (Å²) in [5.41, 5.74) is -1.56. The average Bonchev–Trinajstić information content (AvgIpc) is 2.86. The van der Waals surface area contributed by atoms with Crippen LogP contribution in [0.2, 0.25) is 0 Å². The lowest BCUT2D eigenvalue weighted by atomic mass is 9.86. The molecular weight excluding hydrogens is 244 g/mol. The largest absolute Gasteiger partial charge is 0.381 e. The van der Waals surface area contributed by atoms with Crippen molar-refractivity contribution < 1.29 is 14.3 Å². The van der Waals surface area contributed by atoms with Gasteiger partial charge in [-0.1, -0.05) is 6.92 Å². The fourth-order valence-electron chi connectivity index (χ4n) is 2.67. The van der Waals surface area contributed by atoms with Crippen molar-refractivity contribution in [1.82, 2.24) is 10.2 Å². The van der Waals surface area contributed by atoms with E-state index in [-0.39, 0.29) is 11.8 Å². The average molecular weight is 268 g/mol. The number of amides is 2. The van der Waals surface area contributed by atoms with Crippen molar-refractivity contribution in [3.8, 4) is 0 Å². The predicted octanol–water partition coefficient (Wildman–Crippen LogP) is 0.929. The Balaban J connectivity index is 2.24. The van der Waals surface area contributed by atoms with Gasteiger partial charge in [0.05, 0.1) is 6.61 Å². The van der Waals surface area contributed by atoms with Crippen LogP contribution in [-0.2, 0) is 14.3 Å².